The van der Waals surface area contributed by atoms with Gasteiger partial charge in [0, 0.05) is 71.4 Å². The smallest absolute Gasteiger partial charge is 0.252 e. The van der Waals surface area contributed by atoms with Crippen LogP contribution in [0.4, 0.5) is 51.2 Å². The predicted molar refractivity (Wildman–Crippen MR) is 359 cm³/mol. The first-order valence-electron chi connectivity index (χ1n) is 30.6. The van der Waals surface area contributed by atoms with E-state index in [0.29, 0.717) is 0 Å². The molecule has 9 aromatic rings. The summed E-state index contributed by atoms with van der Waals surface area (Å²) in [7, 11) is 0. The van der Waals surface area contributed by atoms with Gasteiger partial charge in [0.25, 0.3) is 6.71 Å². The van der Waals surface area contributed by atoms with Crippen molar-refractivity contribution in [3.8, 4) is 0 Å². The van der Waals surface area contributed by atoms with Gasteiger partial charge in [-0.1, -0.05) is 172 Å². The van der Waals surface area contributed by atoms with E-state index in [1.54, 1.807) is 0 Å². The van der Waals surface area contributed by atoms with Gasteiger partial charge in [-0.05, 0) is 222 Å². The Bertz CT molecular complexity index is 4010. The van der Waals surface area contributed by atoms with Gasteiger partial charge in [0.05, 0.1) is 0 Å². The fraction of sp³-hybridized carbons (Fsp3) is 0.377. The molecule has 2 aliphatic heterocycles. The Morgan fingerprint density at radius 1 is 0.390 bits per heavy atom. The second-order valence-electron chi connectivity index (χ2n) is 31.0. The molecular weight excluding hydrogens is 1010 g/mol. The Morgan fingerprint density at radius 2 is 0.854 bits per heavy atom. The van der Waals surface area contributed by atoms with Crippen molar-refractivity contribution in [2.75, 3.05) is 14.7 Å². The minimum atomic E-state index is -0.0246. The maximum Gasteiger partial charge on any atom is 0.252 e. The fourth-order valence-electron chi connectivity index (χ4n) is 14.6. The summed E-state index contributed by atoms with van der Waals surface area (Å²) < 4.78 is 2.66. The van der Waals surface area contributed by atoms with Gasteiger partial charge in [-0.15, -0.1) is 11.3 Å². The minimum Gasteiger partial charge on any atom is -0.311 e. The molecule has 0 N–H and O–H groups in total. The second-order valence-corrected chi connectivity index (χ2v) is 32.0. The molecule has 0 bridgehead atoms. The highest BCUT2D eigenvalue weighted by atomic mass is 32.1. The van der Waals surface area contributed by atoms with Crippen LogP contribution in [0, 0.1) is 6.92 Å². The summed E-state index contributed by atoms with van der Waals surface area (Å²) in [5.41, 5.74) is 26.6. The molecule has 0 radical (unpaired) electrons. The van der Waals surface area contributed by atoms with Gasteiger partial charge < -0.3 is 14.7 Å². The Morgan fingerprint density at radius 3 is 1.40 bits per heavy atom. The summed E-state index contributed by atoms with van der Waals surface area (Å²) in [6.45, 7) is 43.0. The quantitative estimate of drug-likeness (QED) is 0.159. The third kappa shape index (κ3) is 8.79. The van der Waals surface area contributed by atoms with Gasteiger partial charge in [-0.2, -0.15) is 0 Å². The van der Waals surface area contributed by atoms with Gasteiger partial charge in [-0.3, -0.25) is 0 Å². The highest BCUT2D eigenvalue weighted by molar-refractivity contribution is 7.25. The maximum absolute atomic E-state index is 2.71. The van der Waals surface area contributed by atoms with Crippen molar-refractivity contribution in [2.24, 2.45) is 0 Å². The largest absolute Gasteiger partial charge is 0.311 e. The van der Waals surface area contributed by atoms with Crippen LogP contribution in [0.1, 0.15) is 188 Å². The van der Waals surface area contributed by atoms with E-state index in [1.807, 2.05) is 11.3 Å². The topological polar surface area (TPSA) is 9.72 Å². The summed E-state index contributed by atoms with van der Waals surface area (Å²) in [6, 6.07) is 58.6. The minimum absolute atomic E-state index is 0.0217. The summed E-state index contributed by atoms with van der Waals surface area (Å²) in [6.07, 6.45) is 4.68. The van der Waals surface area contributed by atoms with Gasteiger partial charge in [0.15, 0.2) is 0 Å². The number of aryl methyl sites for hydroxylation is 1. The lowest BCUT2D eigenvalue weighted by Gasteiger charge is -2.48. The van der Waals surface area contributed by atoms with Crippen molar-refractivity contribution in [1.82, 2.24) is 0 Å². The Labute approximate surface area is 495 Å². The normalized spacial score (nSPS) is 17.5. The number of thiophene rings is 1. The number of nitrogens with zero attached hydrogens (tertiary/aromatic N) is 3. The summed E-state index contributed by atoms with van der Waals surface area (Å²) >= 11 is 1.92. The average Bonchev–Trinajstić information content (AvgIpc) is 0.951. The molecule has 0 spiro atoms. The van der Waals surface area contributed by atoms with Crippen LogP contribution in [0.3, 0.4) is 0 Å². The first-order valence-corrected chi connectivity index (χ1v) is 31.4. The first kappa shape index (κ1) is 54.7. The molecule has 0 saturated carbocycles. The summed E-state index contributed by atoms with van der Waals surface area (Å²) in [5, 5.41) is 2.63. The van der Waals surface area contributed by atoms with E-state index in [4.69, 9.17) is 0 Å². The van der Waals surface area contributed by atoms with Crippen LogP contribution in [-0.2, 0) is 37.9 Å². The van der Waals surface area contributed by atoms with Crippen molar-refractivity contribution in [1.29, 1.82) is 0 Å². The SMILES string of the molecule is Cc1cc2c3c(c1)N(c1ccc4c(c1)C(C)(C)CCC4(C)C)c1cc4c(cc1B3c1ccc(N(c3ccc(C(C)(C)C)cc3)c3ccc(C(C)(C)C)cc3)cc1N2c1ccc2sc3cc(C(C)(C)C)ccc3c2c1)C(C)(C)CCC4(C)C. The van der Waals surface area contributed by atoms with Crippen LogP contribution in [0.5, 0.6) is 0 Å². The summed E-state index contributed by atoms with van der Waals surface area (Å²) in [5.74, 6) is 0. The highest BCUT2D eigenvalue weighted by Gasteiger charge is 2.47. The van der Waals surface area contributed by atoms with Crippen molar-refractivity contribution in [3.63, 3.8) is 0 Å². The number of fused-ring (bicyclic) bond motifs is 9. The third-order valence-electron chi connectivity index (χ3n) is 20.1. The molecule has 5 heteroatoms. The van der Waals surface area contributed by atoms with Gasteiger partial charge >= 0.3 is 0 Å². The van der Waals surface area contributed by atoms with Crippen molar-refractivity contribution < 1.29 is 0 Å². The molecule has 82 heavy (non-hydrogen) atoms. The van der Waals surface area contributed by atoms with Crippen LogP contribution in [0.15, 0.2) is 146 Å². The first-order chi connectivity index (χ1) is 38.4. The van der Waals surface area contributed by atoms with E-state index in [2.05, 4.69) is 285 Å². The molecule has 3 heterocycles. The molecule has 3 nitrogen and oxygen atoms in total. The molecule has 0 atom stereocenters. The van der Waals surface area contributed by atoms with E-state index in [1.165, 1.54) is 128 Å². The molecule has 0 saturated heterocycles. The standard InChI is InChI=1S/C77H86BN3S/c1-47-39-66-70-67(40-47)81(54-28-32-58-59(43-54)75(13,14)36-35-74(58,11)12)65-46-61-60(76(15,16)37-38-77(61,17)18)45-63(65)78(70)62-33-29-55(79(51-24-19-48(20-25-51)71(2,3)4)52-26-21-49(22-27-52)72(5,6)7)44-64(62)80(66)53-30-34-68-57(42-53)56-31-23-50(73(8,9)10)41-69(56)82-68/h19-34,39-46H,35-38H2,1-18H3. The lowest BCUT2D eigenvalue weighted by atomic mass is 9.33. The van der Waals surface area contributed by atoms with Crippen molar-refractivity contribution >= 4 is 106 Å². The van der Waals surface area contributed by atoms with Crippen molar-refractivity contribution in [3.05, 3.63) is 190 Å². The third-order valence-corrected chi connectivity index (χ3v) is 21.2. The maximum atomic E-state index is 2.71. The molecule has 2 aliphatic carbocycles. The van der Waals surface area contributed by atoms with E-state index in [-0.39, 0.29) is 44.6 Å². The Balaban J connectivity index is 1.11. The molecule has 13 rings (SSSR count). The lowest BCUT2D eigenvalue weighted by Crippen LogP contribution is -2.62. The fourth-order valence-corrected chi connectivity index (χ4v) is 15.8. The number of hydrogen-bond donors (Lipinski definition) is 0. The number of benzene rings is 8. The lowest BCUT2D eigenvalue weighted by molar-refractivity contribution is 0.332. The van der Waals surface area contributed by atoms with Gasteiger partial charge in [0.1, 0.15) is 0 Å². The zero-order valence-electron chi connectivity index (χ0n) is 52.5. The molecule has 0 fully saturated rings. The molecule has 1 aromatic heterocycles. The zero-order valence-corrected chi connectivity index (χ0v) is 53.3. The second kappa shape index (κ2) is 18.2. The monoisotopic (exact) mass is 1100 g/mol. The van der Waals surface area contributed by atoms with Crippen LogP contribution in [0.25, 0.3) is 20.2 Å². The van der Waals surface area contributed by atoms with Crippen LogP contribution < -0.4 is 31.1 Å². The molecule has 8 aromatic carbocycles. The van der Waals surface area contributed by atoms with E-state index in [0.717, 1.165) is 29.9 Å². The molecule has 418 valence electrons. The zero-order chi connectivity index (χ0) is 58.2. The van der Waals surface area contributed by atoms with Crippen molar-refractivity contribution in [2.45, 2.75) is 188 Å². The van der Waals surface area contributed by atoms with E-state index >= 15 is 0 Å². The molecule has 0 unspecified atom stereocenters. The predicted octanol–water partition coefficient (Wildman–Crippen LogP) is 20.5. The van der Waals surface area contributed by atoms with Gasteiger partial charge in [-0.25, -0.2) is 0 Å². The van der Waals surface area contributed by atoms with E-state index in [9.17, 15) is 0 Å². The summed E-state index contributed by atoms with van der Waals surface area (Å²) in [4.78, 5) is 7.86. The van der Waals surface area contributed by atoms with Gasteiger partial charge in [0.2, 0.25) is 0 Å². The highest BCUT2D eigenvalue weighted by Crippen LogP contribution is 2.54. The molecule has 4 aliphatic rings. The molecular formula is C77H86BN3S. The Hall–Kier alpha value is -6.56. The van der Waals surface area contributed by atoms with Crippen LogP contribution >= 0.6 is 11.3 Å². The number of hydrogen-bond acceptors (Lipinski definition) is 4. The average molecular weight is 1100 g/mol. The van der Waals surface area contributed by atoms with Crippen LogP contribution in [-0.4, -0.2) is 6.71 Å². The number of rotatable bonds is 5. The Kier molecular flexibility index (Phi) is 12.2. The molecule has 0 amide bonds. The van der Waals surface area contributed by atoms with E-state index < -0.39 is 0 Å². The number of anilines is 9. The van der Waals surface area contributed by atoms with Crippen LogP contribution in [0.2, 0.25) is 0 Å².